The molecule has 0 saturated carbocycles. The molecule has 134 valence electrons. The first-order valence-corrected chi connectivity index (χ1v) is 7.79. The number of carbonyl (C=O) groups is 1. The Bertz CT molecular complexity index is 843. The quantitative estimate of drug-likeness (QED) is 0.486. The van der Waals surface area contributed by atoms with Gasteiger partial charge in [-0.2, -0.15) is 13.2 Å². The molecule has 0 radical (unpaired) electrons. The summed E-state index contributed by atoms with van der Waals surface area (Å²) < 4.78 is 74.8. The van der Waals surface area contributed by atoms with E-state index in [0.29, 0.717) is 6.07 Å². The van der Waals surface area contributed by atoms with Crippen LogP contribution in [-0.2, 0) is 17.1 Å². The molecule has 0 spiro atoms. The predicted octanol–water partition coefficient (Wildman–Crippen LogP) is 3.43. The maximum atomic E-state index is 13.8. The third-order valence-corrected chi connectivity index (χ3v) is 3.36. The second-order valence-electron chi connectivity index (χ2n) is 4.69. The van der Waals surface area contributed by atoms with Crippen LogP contribution in [0.1, 0.15) is 5.56 Å². The number of halogens is 4. The largest absolute Gasteiger partial charge is 0.419 e. The van der Waals surface area contributed by atoms with E-state index in [1.54, 1.807) is 0 Å². The van der Waals surface area contributed by atoms with Gasteiger partial charge in [-0.25, -0.2) is 17.6 Å². The Morgan fingerprint density at radius 2 is 1.52 bits per heavy atom. The van der Waals surface area contributed by atoms with Gasteiger partial charge in [-0.1, -0.05) is 6.07 Å². The molecule has 0 unspecified atom stereocenters. The van der Waals surface area contributed by atoms with Crippen molar-refractivity contribution in [2.24, 2.45) is 0 Å². The highest BCUT2D eigenvalue weighted by atomic mass is 32.2. The fourth-order valence-electron chi connectivity index (χ4n) is 1.87. The van der Waals surface area contributed by atoms with Gasteiger partial charge in [0.2, 0.25) is 10.9 Å². The van der Waals surface area contributed by atoms with Crippen molar-refractivity contribution in [3.8, 4) is 0 Å². The minimum Gasteiger partial charge on any atom is -0.308 e. The first-order valence-electron chi connectivity index (χ1n) is 6.61. The molecule has 0 fully saturated rings. The molecular weight excluding hydrogens is 366 g/mol. The number of anilines is 3. The zero-order valence-electron chi connectivity index (χ0n) is 12.2. The summed E-state index contributed by atoms with van der Waals surface area (Å²) in [7, 11) is -2.84. The van der Waals surface area contributed by atoms with E-state index in [-0.39, 0.29) is 11.4 Å². The molecule has 0 aromatic heterocycles. The minimum atomic E-state index is -4.89. The highest BCUT2D eigenvalue weighted by Crippen LogP contribution is 2.33. The van der Waals surface area contributed by atoms with Crippen LogP contribution in [0.2, 0.25) is 0 Å². The van der Waals surface area contributed by atoms with Crippen LogP contribution in [0.4, 0.5) is 39.4 Å². The number of alkyl halides is 3. The number of urea groups is 1. The Morgan fingerprint density at radius 3 is 2.08 bits per heavy atom. The zero-order chi connectivity index (χ0) is 18.6. The lowest BCUT2D eigenvalue weighted by molar-refractivity contribution is -0.139. The average molecular weight is 377 g/mol. The van der Waals surface area contributed by atoms with Crippen LogP contribution in [0, 0.1) is 5.82 Å². The fraction of sp³-hybridized carbons (Fsp3) is 0.0714. The Labute approximate surface area is 140 Å². The van der Waals surface area contributed by atoms with Crippen LogP contribution in [0.3, 0.4) is 0 Å². The summed E-state index contributed by atoms with van der Waals surface area (Å²) >= 11 is 0. The van der Waals surface area contributed by atoms with Gasteiger partial charge in [-0.3, -0.25) is 4.72 Å². The highest BCUT2D eigenvalue weighted by molar-refractivity contribution is 7.73. The van der Waals surface area contributed by atoms with Gasteiger partial charge in [0.15, 0.2) is 5.82 Å². The third-order valence-electron chi connectivity index (χ3n) is 2.92. The lowest BCUT2D eigenvalue weighted by atomic mass is 10.2. The Morgan fingerprint density at radius 1 is 0.920 bits per heavy atom. The molecule has 0 atom stereocenters. The molecule has 0 heterocycles. The predicted molar refractivity (Wildman–Crippen MR) is 84.4 cm³/mol. The number of amides is 2. The van der Waals surface area contributed by atoms with Crippen molar-refractivity contribution < 1.29 is 30.8 Å². The van der Waals surface area contributed by atoms with Gasteiger partial charge in [0, 0.05) is 11.4 Å². The molecule has 0 aliphatic heterocycles. The lowest BCUT2D eigenvalue weighted by Gasteiger charge is -2.12. The Kier molecular flexibility index (Phi) is 5.47. The second-order valence-corrected chi connectivity index (χ2v) is 5.43. The van der Waals surface area contributed by atoms with Crippen LogP contribution in [0.5, 0.6) is 0 Å². The standard InChI is InChI=1S/C14H11F4N3O3S/c15-12-10(14(16,17)18)2-1-3-11(12)20-13(22)19-8-4-6-9(7-5-8)21-25(23)24/h1-7,25H,(H2,19,20,22)(H,21,23,24). The second kappa shape index (κ2) is 7.38. The number of rotatable bonds is 4. The smallest absolute Gasteiger partial charge is 0.308 e. The van der Waals surface area contributed by atoms with Gasteiger partial charge in [-0.05, 0) is 36.4 Å². The van der Waals surface area contributed by atoms with Crippen molar-refractivity contribution in [1.82, 2.24) is 0 Å². The molecule has 0 bridgehead atoms. The van der Waals surface area contributed by atoms with E-state index in [2.05, 4.69) is 10.0 Å². The van der Waals surface area contributed by atoms with E-state index in [9.17, 15) is 30.8 Å². The molecular formula is C14H11F4N3O3S. The summed E-state index contributed by atoms with van der Waals surface area (Å²) in [6.45, 7) is 0. The van der Waals surface area contributed by atoms with E-state index in [4.69, 9.17) is 0 Å². The number of carbonyl (C=O) groups excluding carboxylic acids is 1. The van der Waals surface area contributed by atoms with Gasteiger partial charge < -0.3 is 10.6 Å². The number of thiol groups is 1. The summed E-state index contributed by atoms with van der Waals surface area (Å²) in [5.41, 5.74) is -1.65. The summed E-state index contributed by atoms with van der Waals surface area (Å²) in [6, 6.07) is 6.96. The maximum Gasteiger partial charge on any atom is 0.419 e. The van der Waals surface area contributed by atoms with Gasteiger partial charge in [0.05, 0.1) is 11.3 Å². The molecule has 2 amide bonds. The van der Waals surface area contributed by atoms with Gasteiger partial charge >= 0.3 is 12.2 Å². The van der Waals surface area contributed by atoms with E-state index < -0.39 is 40.2 Å². The number of hydrogen-bond donors (Lipinski definition) is 4. The van der Waals surface area contributed by atoms with Crippen molar-refractivity contribution in [2.45, 2.75) is 6.18 Å². The van der Waals surface area contributed by atoms with Gasteiger partial charge in [0.25, 0.3) is 0 Å². The average Bonchev–Trinajstić information content (AvgIpc) is 2.49. The molecule has 25 heavy (non-hydrogen) atoms. The van der Waals surface area contributed by atoms with Gasteiger partial charge in [0.1, 0.15) is 0 Å². The number of benzene rings is 2. The lowest BCUT2D eigenvalue weighted by Crippen LogP contribution is -2.21. The van der Waals surface area contributed by atoms with E-state index >= 15 is 0 Å². The van der Waals surface area contributed by atoms with E-state index in [1.807, 2.05) is 5.32 Å². The van der Waals surface area contributed by atoms with Crippen molar-refractivity contribution in [2.75, 3.05) is 15.4 Å². The molecule has 2 aromatic rings. The van der Waals surface area contributed by atoms with Crippen molar-refractivity contribution in [3.05, 3.63) is 53.8 Å². The molecule has 3 N–H and O–H groups in total. The number of hydrogen-bond acceptors (Lipinski definition) is 3. The van der Waals surface area contributed by atoms with Gasteiger partial charge in [-0.15, -0.1) is 0 Å². The Hall–Kier alpha value is -2.82. The van der Waals surface area contributed by atoms with Crippen LogP contribution in [0.15, 0.2) is 42.5 Å². The SMILES string of the molecule is O=C(Nc1ccc(N[SH](=O)=O)cc1)Nc1cccc(C(F)(F)F)c1F. The van der Waals surface area contributed by atoms with Crippen LogP contribution in [0.25, 0.3) is 0 Å². The summed E-state index contributed by atoms with van der Waals surface area (Å²) in [6.07, 6.45) is -4.89. The first-order chi connectivity index (χ1) is 11.7. The van der Waals surface area contributed by atoms with Crippen LogP contribution >= 0.6 is 0 Å². The normalized spacial score (nSPS) is 11.2. The molecule has 11 heteroatoms. The van der Waals surface area contributed by atoms with Crippen LogP contribution in [-0.4, -0.2) is 14.4 Å². The minimum absolute atomic E-state index is 0.219. The maximum absolute atomic E-state index is 13.8. The van der Waals surface area contributed by atoms with Crippen molar-refractivity contribution >= 4 is 34.0 Å². The number of nitrogens with one attached hydrogen (secondary N) is 3. The summed E-state index contributed by atoms with van der Waals surface area (Å²) in [5, 5.41) is 4.26. The molecule has 0 aliphatic rings. The van der Waals surface area contributed by atoms with E-state index in [0.717, 1.165) is 12.1 Å². The monoisotopic (exact) mass is 377 g/mol. The highest BCUT2D eigenvalue weighted by Gasteiger charge is 2.35. The molecule has 2 aromatic carbocycles. The molecule has 0 aliphatic carbocycles. The van der Waals surface area contributed by atoms with Crippen molar-refractivity contribution in [1.29, 1.82) is 0 Å². The molecule has 2 rings (SSSR count). The third kappa shape index (κ3) is 5.08. The molecule has 6 nitrogen and oxygen atoms in total. The van der Waals surface area contributed by atoms with Crippen molar-refractivity contribution in [3.63, 3.8) is 0 Å². The fourth-order valence-corrected chi connectivity index (χ4v) is 2.23. The molecule has 0 saturated heterocycles. The Balaban J connectivity index is 2.08. The zero-order valence-corrected chi connectivity index (χ0v) is 13.1. The van der Waals surface area contributed by atoms with Crippen LogP contribution < -0.4 is 15.4 Å². The summed E-state index contributed by atoms with van der Waals surface area (Å²) in [5.74, 6) is -1.59. The first kappa shape index (κ1) is 18.5. The topological polar surface area (TPSA) is 87.3 Å². The summed E-state index contributed by atoms with van der Waals surface area (Å²) in [4.78, 5) is 11.8. The van der Waals surface area contributed by atoms with E-state index in [1.165, 1.54) is 24.3 Å².